The fourth-order valence-electron chi connectivity index (χ4n) is 5.56. The van der Waals surface area contributed by atoms with Crippen molar-refractivity contribution in [2.75, 3.05) is 29.9 Å². The number of amides is 2. The molecule has 1 fully saturated rings. The third-order valence-corrected chi connectivity index (χ3v) is 9.03. The van der Waals surface area contributed by atoms with Gasteiger partial charge in [-0.05, 0) is 48.7 Å². The molecule has 0 saturated carbocycles. The Morgan fingerprint density at radius 2 is 1.60 bits per heavy atom. The molecule has 1 aliphatic heterocycles. The number of piperidine rings is 1. The lowest BCUT2D eigenvalue weighted by molar-refractivity contribution is -0.179. The van der Waals surface area contributed by atoms with Gasteiger partial charge in [0.1, 0.15) is 11.6 Å². The number of benzene rings is 3. The molecule has 9 nitrogen and oxygen atoms in total. The molecule has 0 radical (unpaired) electrons. The van der Waals surface area contributed by atoms with Gasteiger partial charge in [-0.1, -0.05) is 43.1 Å². The zero-order chi connectivity index (χ0) is 38.5. The van der Waals surface area contributed by atoms with Gasteiger partial charge in [0.25, 0.3) is 11.8 Å². The summed E-state index contributed by atoms with van der Waals surface area (Å²) < 4.78 is 94.1. The van der Waals surface area contributed by atoms with Crippen molar-refractivity contribution in [2.45, 2.75) is 52.0 Å². The molecule has 282 valence electrons. The molecule has 1 aliphatic rings. The first-order valence-corrected chi connectivity index (χ1v) is 16.9. The van der Waals surface area contributed by atoms with E-state index in [1.54, 1.807) is 16.5 Å². The number of carbonyl (C=O) groups is 2. The van der Waals surface area contributed by atoms with Crippen LogP contribution in [0.4, 0.5) is 48.1 Å². The van der Waals surface area contributed by atoms with E-state index < -0.39 is 48.9 Å². The summed E-state index contributed by atoms with van der Waals surface area (Å²) in [5, 5.41) is 17.4. The monoisotopic (exact) mass is 778 g/mol. The number of imidazole rings is 1. The number of alkyl halides is 6. The summed E-state index contributed by atoms with van der Waals surface area (Å²) in [5.41, 5.74) is 1.09. The molecule has 0 spiro atoms. The van der Waals surface area contributed by atoms with Crippen LogP contribution in [0.3, 0.4) is 0 Å². The van der Waals surface area contributed by atoms with E-state index in [0.29, 0.717) is 11.1 Å². The Labute approximate surface area is 304 Å². The Balaban J connectivity index is 0.00000297. The van der Waals surface area contributed by atoms with E-state index in [0.717, 1.165) is 18.2 Å². The second-order valence-electron chi connectivity index (χ2n) is 11.6. The molecule has 0 unspecified atom stereocenters. The largest absolute Gasteiger partial charge is 0.508 e. The van der Waals surface area contributed by atoms with Gasteiger partial charge in [0.15, 0.2) is 0 Å². The third-order valence-electron chi connectivity index (χ3n) is 8.28. The summed E-state index contributed by atoms with van der Waals surface area (Å²) in [6.45, 7) is 3.06. The van der Waals surface area contributed by atoms with Crippen molar-refractivity contribution >= 4 is 63.4 Å². The maximum Gasteiger partial charge on any atom is 0.391 e. The van der Waals surface area contributed by atoms with E-state index in [2.05, 4.69) is 20.9 Å². The average Bonchev–Trinajstić information content (AvgIpc) is 3.39. The molecule has 4 aromatic rings. The van der Waals surface area contributed by atoms with E-state index in [1.807, 2.05) is 13.8 Å². The molecular weight excluding hydrogens is 744 g/mol. The average molecular weight is 780 g/mol. The molecule has 1 aromatic heterocycles. The molecule has 2 amide bonds. The van der Waals surface area contributed by atoms with E-state index in [9.17, 15) is 45.4 Å². The number of hydrogen-bond donors (Lipinski definition) is 4. The molecule has 1 saturated heterocycles. The van der Waals surface area contributed by atoms with Crippen LogP contribution >= 0.6 is 23.2 Å². The molecule has 18 heteroatoms. The molecule has 5 rings (SSSR count). The molecule has 2 heterocycles. The molecule has 0 aliphatic carbocycles. The third kappa shape index (κ3) is 9.50. The van der Waals surface area contributed by atoms with Crippen molar-refractivity contribution in [2.24, 2.45) is 13.0 Å². The second kappa shape index (κ2) is 16.5. The molecule has 4 N–H and O–H groups in total. The van der Waals surface area contributed by atoms with Crippen molar-refractivity contribution in [1.82, 2.24) is 20.2 Å². The minimum Gasteiger partial charge on any atom is -0.508 e. The predicted octanol–water partition coefficient (Wildman–Crippen LogP) is 8.89. The van der Waals surface area contributed by atoms with Crippen LogP contribution in [0.2, 0.25) is 10.0 Å². The number of aromatic nitrogens is 2. The Kier molecular flexibility index (Phi) is 12.8. The van der Waals surface area contributed by atoms with Gasteiger partial charge in [0.2, 0.25) is 5.95 Å². The van der Waals surface area contributed by atoms with Crippen LogP contribution in [0.25, 0.3) is 11.0 Å². The smallest absolute Gasteiger partial charge is 0.391 e. The number of nitrogens with one attached hydrogen (secondary N) is 3. The molecule has 0 atom stereocenters. The number of hydrogen-bond acceptors (Lipinski definition) is 6. The number of carbonyl (C=O) groups excluding carboxylic acids is 2. The van der Waals surface area contributed by atoms with Crippen LogP contribution in [-0.2, 0) is 13.6 Å². The fourth-order valence-corrected chi connectivity index (χ4v) is 6.09. The highest BCUT2D eigenvalue weighted by Crippen LogP contribution is 2.39. The lowest BCUT2D eigenvalue weighted by Crippen LogP contribution is -2.40. The van der Waals surface area contributed by atoms with Gasteiger partial charge < -0.3 is 30.5 Å². The summed E-state index contributed by atoms with van der Waals surface area (Å²) >= 11 is 13.1. The maximum atomic E-state index is 14.2. The van der Waals surface area contributed by atoms with Crippen molar-refractivity contribution in [1.29, 1.82) is 0 Å². The van der Waals surface area contributed by atoms with Crippen LogP contribution < -0.4 is 20.9 Å². The minimum absolute atomic E-state index is 0.0462. The van der Waals surface area contributed by atoms with Crippen LogP contribution in [-0.4, -0.2) is 58.5 Å². The number of anilines is 3. The number of aromatic hydroxyl groups is 1. The fraction of sp³-hybridized carbons (Fsp3) is 0.382. The summed E-state index contributed by atoms with van der Waals surface area (Å²) in [6.07, 6.45) is -10.6. The second-order valence-corrected chi connectivity index (χ2v) is 12.4. The number of nitrogens with zero attached hydrogens (tertiary/aromatic N) is 3. The highest BCUT2D eigenvalue weighted by molar-refractivity contribution is 6.39. The van der Waals surface area contributed by atoms with E-state index in [4.69, 9.17) is 23.2 Å². The van der Waals surface area contributed by atoms with Crippen molar-refractivity contribution in [3.8, 4) is 5.75 Å². The lowest BCUT2D eigenvalue weighted by Gasteiger charge is -2.35. The normalized spacial score (nSPS) is 13.8. The summed E-state index contributed by atoms with van der Waals surface area (Å²) in [6, 6.07) is 9.00. The zero-order valence-electron chi connectivity index (χ0n) is 28.1. The Morgan fingerprint density at radius 3 is 2.21 bits per heavy atom. The quantitative estimate of drug-likeness (QED) is 0.126. The minimum atomic E-state index is -4.52. The Hall–Kier alpha value is -4.44. The number of phenols is 1. The first-order chi connectivity index (χ1) is 24.4. The van der Waals surface area contributed by atoms with E-state index >= 15 is 0 Å². The van der Waals surface area contributed by atoms with Gasteiger partial charge in [0, 0.05) is 39.3 Å². The van der Waals surface area contributed by atoms with Crippen molar-refractivity contribution in [3.05, 3.63) is 75.0 Å². The Bertz CT molecular complexity index is 1930. The Morgan fingerprint density at radius 1 is 0.942 bits per heavy atom. The maximum absolute atomic E-state index is 14.2. The van der Waals surface area contributed by atoms with Crippen LogP contribution in [0.15, 0.2) is 42.5 Å². The van der Waals surface area contributed by atoms with Crippen molar-refractivity contribution < 1.29 is 45.4 Å². The summed E-state index contributed by atoms with van der Waals surface area (Å²) in [5.74, 6) is -4.25. The van der Waals surface area contributed by atoms with Gasteiger partial charge in [-0.25, -0.2) is 9.37 Å². The van der Waals surface area contributed by atoms with Gasteiger partial charge in [-0.3, -0.25) is 9.59 Å². The predicted molar refractivity (Wildman–Crippen MR) is 185 cm³/mol. The summed E-state index contributed by atoms with van der Waals surface area (Å²) in [4.78, 5) is 31.8. The number of halogens is 9. The highest BCUT2D eigenvalue weighted by atomic mass is 35.5. The SMILES string of the molecule is CC.Cn1c(Nc2c(Cl)ccc(CNC(=O)c3ccc(O)cc3F)c2Cl)nc2cc(C(=O)NCCC(F)(F)F)c(N3CCC(C(F)(F)F)CC3)cc21. The molecule has 3 aromatic carbocycles. The number of aryl methyl sites for hydroxylation is 1. The lowest BCUT2D eigenvalue weighted by atomic mass is 9.95. The van der Waals surface area contributed by atoms with Gasteiger partial charge in [-0.2, -0.15) is 26.3 Å². The van der Waals surface area contributed by atoms with E-state index in [-0.39, 0.29) is 82.2 Å². The first-order valence-electron chi connectivity index (χ1n) is 16.1. The highest BCUT2D eigenvalue weighted by Gasteiger charge is 2.41. The van der Waals surface area contributed by atoms with Crippen LogP contribution in [0.1, 0.15) is 59.4 Å². The van der Waals surface area contributed by atoms with E-state index in [1.165, 1.54) is 24.3 Å². The van der Waals surface area contributed by atoms with Gasteiger partial charge in [-0.15, -0.1) is 0 Å². The molecule has 0 bridgehead atoms. The topological polar surface area (TPSA) is 112 Å². The first kappa shape index (κ1) is 40.3. The summed E-state index contributed by atoms with van der Waals surface area (Å²) in [7, 11) is 1.61. The van der Waals surface area contributed by atoms with Crippen LogP contribution in [0.5, 0.6) is 5.75 Å². The number of fused-ring (bicyclic) bond motifs is 1. The molecule has 52 heavy (non-hydrogen) atoms. The van der Waals surface area contributed by atoms with Crippen molar-refractivity contribution in [3.63, 3.8) is 0 Å². The number of rotatable bonds is 9. The van der Waals surface area contributed by atoms with Gasteiger partial charge in [0.05, 0.1) is 55.9 Å². The van der Waals surface area contributed by atoms with Gasteiger partial charge >= 0.3 is 12.4 Å². The van der Waals surface area contributed by atoms with Crippen LogP contribution in [0, 0.1) is 11.7 Å². The molecular formula is C34H35Cl2F7N6O3. The zero-order valence-corrected chi connectivity index (χ0v) is 29.6. The number of phenolic OH excluding ortho intramolecular Hbond substituents is 1. The standard InChI is InChI=1S/C32H29Cl2F7N6O3.C2H6/c1-46-25-14-24(47-10-6-17(7-11-47)32(39,40)41)20(29(50)42-9-8-31(36,37)38)13-23(25)44-30(46)45-27-21(33)5-2-16(26(27)34)15-43-28(49)19-4-3-18(48)12-22(19)35;1-2/h2-5,12-14,17,48H,6-11,15H2,1H3,(H,42,50)(H,43,49)(H,44,45);1-2H3.